The summed E-state index contributed by atoms with van der Waals surface area (Å²) in [4.78, 5) is 0. The Morgan fingerprint density at radius 2 is 1.04 bits per heavy atom. The van der Waals surface area contributed by atoms with Crippen molar-refractivity contribution in [2.45, 2.75) is 0 Å². The maximum atomic E-state index is 8.97. The van der Waals surface area contributed by atoms with Crippen molar-refractivity contribution >= 4 is 21.5 Å². The SMILES string of the molecule is N#Cc1ccc(-c2ccc(-c3cc4ccccc4c4ccccc34)cc2)cc1. The molecule has 0 saturated heterocycles. The molecule has 0 bridgehead atoms. The second-order valence-electron chi connectivity index (χ2n) is 6.96. The average Bonchev–Trinajstić information content (AvgIpc) is 2.79. The maximum absolute atomic E-state index is 8.97. The van der Waals surface area contributed by atoms with Crippen molar-refractivity contribution in [3.63, 3.8) is 0 Å². The lowest BCUT2D eigenvalue weighted by Crippen LogP contribution is -1.85. The van der Waals surface area contributed by atoms with Gasteiger partial charge in [-0.3, -0.25) is 0 Å². The molecule has 130 valence electrons. The molecule has 5 aromatic rings. The molecular weight excluding hydrogens is 338 g/mol. The van der Waals surface area contributed by atoms with E-state index in [-0.39, 0.29) is 0 Å². The predicted octanol–water partition coefficient (Wildman–Crippen LogP) is 7.20. The molecule has 0 unspecified atom stereocenters. The number of hydrogen-bond donors (Lipinski definition) is 0. The summed E-state index contributed by atoms with van der Waals surface area (Å²) in [7, 11) is 0. The Labute approximate surface area is 164 Å². The van der Waals surface area contributed by atoms with Crippen LogP contribution in [0.1, 0.15) is 5.56 Å². The molecule has 5 rings (SSSR count). The van der Waals surface area contributed by atoms with Crippen LogP contribution in [0.4, 0.5) is 0 Å². The van der Waals surface area contributed by atoms with Crippen molar-refractivity contribution in [1.29, 1.82) is 5.26 Å². The van der Waals surface area contributed by atoms with E-state index in [1.165, 1.54) is 32.7 Å². The largest absolute Gasteiger partial charge is 0.192 e. The van der Waals surface area contributed by atoms with Gasteiger partial charge in [0.1, 0.15) is 0 Å². The molecule has 1 heteroatoms. The first-order valence-electron chi connectivity index (χ1n) is 9.35. The molecular formula is C27H17N. The zero-order valence-electron chi connectivity index (χ0n) is 15.3. The lowest BCUT2D eigenvalue weighted by atomic mass is 9.92. The van der Waals surface area contributed by atoms with Gasteiger partial charge in [0.25, 0.3) is 0 Å². The molecule has 0 fully saturated rings. The van der Waals surface area contributed by atoms with Crippen LogP contribution in [0.15, 0.2) is 103 Å². The number of nitrogens with zero attached hydrogens (tertiary/aromatic N) is 1. The van der Waals surface area contributed by atoms with Crippen molar-refractivity contribution in [3.8, 4) is 28.3 Å². The Hall–Kier alpha value is -3.89. The van der Waals surface area contributed by atoms with E-state index in [4.69, 9.17) is 5.26 Å². The molecule has 0 aliphatic carbocycles. The molecule has 0 aliphatic heterocycles. The van der Waals surface area contributed by atoms with Crippen molar-refractivity contribution in [2.24, 2.45) is 0 Å². The number of rotatable bonds is 2. The van der Waals surface area contributed by atoms with Crippen LogP contribution in [0.5, 0.6) is 0 Å². The van der Waals surface area contributed by atoms with Crippen LogP contribution in [0, 0.1) is 11.3 Å². The molecule has 0 atom stereocenters. The molecule has 0 radical (unpaired) electrons. The summed E-state index contributed by atoms with van der Waals surface area (Å²) in [6.07, 6.45) is 0. The standard InChI is InChI=1S/C27H17N/c28-18-19-9-11-20(12-10-19)21-13-15-22(16-14-21)27-17-23-5-1-2-6-24(23)25-7-3-4-8-26(25)27/h1-17H. The Bertz CT molecular complexity index is 1340. The summed E-state index contributed by atoms with van der Waals surface area (Å²) in [5.74, 6) is 0. The smallest absolute Gasteiger partial charge is 0.0991 e. The third kappa shape index (κ3) is 2.73. The van der Waals surface area contributed by atoms with Crippen molar-refractivity contribution < 1.29 is 0 Å². The fourth-order valence-corrected chi connectivity index (χ4v) is 3.87. The predicted molar refractivity (Wildman–Crippen MR) is 117 cm³/mol. The molecule has 0 aromatic heterocycles. The molecule has 0 saturated carbocycles. The lowest BCUT2D eigenvalue weighted by molar-refractivity contribution is 1.48. The summed E-state index contributed by atoms with van der Waals surface area (Å²) in [5, 5.41) is 14.1. The van der Waals surface area contributed by atoms with E-state index in [2.05, 4.69) is 84.9 Å². The van der Waals surface area contributed by atoms with Crippen LogP contribution in [-0.2, 0) is 0 Å². The van der Waals surface area contributed by atoms with Crippen LogP contribution in [-0.4, -0.2) is 0 Å². The Morgan fingerprint density at radius 3 is 1.71 bits per heavy atom. The molecule has 1 nitrogen and oxygen atoms in total. The highest BCUT2D eigenvalue weighted by atomic mass is 14.2. The van der Waals surface area contributed by atoms with Gasteiger partial charge in [0.05, 0.1) is 11.6 Å². The fraction of sp³-hybridized carbons (Fsp3) is 0. The van der Waals surface area contributed by atoms with Crippen molar-refractivity contribution in [2.75, 3.05) is 0 Å². The topological polar surface area (TPSA) is 23.8 Å². The van der Waals surface area contributed by atoms with Gasteiger partial charge < -0.3 is 0 Å². The molecule has 0 spiro atoms. The lowest BCUT2D eigenvalue weighted by Gasteiger charge is -2.12. The Balaban J connectivity index is 1.64. The number of fused-ring (bicyclic) bond motifs is 3. The number of benzene rings is 5. The first kappa shape index (κ1) is 16.3. The van der Waals surface area contributed by atoms with Crippen molar-refractivity contribution in [1.82, 2.24) is 0 Å². The van der Waals surface area contributed by atoms with Crippen molar-refractivity contribution in [3.05, 3.63) is 109 Å². The minimum Gasteiger partial charge on any atom is -0.192 e. The normalized spacial score (nSPS) is 10.8. The molecule has 0 amide bonds. The highest BCUT2D eigenvalue weighted by Gasteiger charge is 2.08. The second-order valence-corrected chi connectivity index (χ2v) is 6.96. The minimum absolute atomic E-state index is 0.683. The third-order valence-electron chi connectivity index (χ3n) is 5.31. The Morgan fingerprint density at radius 1 is 0.500 bits per heavy atom. The van der Waals surface area contributed by atoms with E-state index in [1.54, 1.807) is 0 Å². The minimum atomic E-state index is 0.683. The average molecular weight is 355 g/mol. The van der Waals surface area contributed by atoms with Gasteiger partial charge in [0, 0.05) is 0 Å². The van der Waals surface area contributed by atoms with Crippen LogP contribution >= 0.6 is 0 Å². The molecule has 0 aliphatic rings. The summed E-state index contributed by atoms with van der Waals surface area (Å²) in [6.45, 7) is 0. The van der Waals surface area contributed by atoms with Crippen LogP contribution < -0.4 is 0 Å². The van der Waals surface area contributed by atoms with Gasteiger partial charge >= 0.3 is 0 Å². The Kier molecular flexibility index (Phi) is 3.89. The monoisotopic (exact) mass is 355 g/mol. The van der Waals surface area contributed by atoms with Gasteiger partial charge in [0.2, 0.25) is 0 Å². The molecule has 28 heavy (non-hydrogen) atoms. The third-order valence-corrected chi connectivity index (χ3v) is 5.31. The molecule has 5 aromatic carbocycles. The highest BCUT2D eigenvalue weighted by Crippen LogP contribution is 2.35. The number of nitriles is 1. The van der Waals surface area contributed by atoms with Gasteiger partial charge in [-0.15, -0.1) is 0 Å². The van der Waals surface area contributed by atoms with Crippen LogP contribution in [0.25, 0.3) is 43.8 Å². The van der Waals surface area contributed by atoms with Gasteiger partial charge in [-0.2, -0.15) is 5.26 Å². The zero-order chi connectivity index (χ0) is 18.9. The summed E-state index contributed by atoms with van der Waals surface area (Å²) < 4.78 is 0. The van der Waals surface area contributed by atoms with Crippen LogP contribution in [0.2, 0.25) is 0 Å². The quantitative estimate of drug-likeness (QED) is 0.307. The first-order valence-corrected chi connectivity index (χ1v) is 9.35. The molecule has 0 N–H and O–H groups in total. The highest BCUT2D eigenvalue weighted by molar-refractivity contribution is 6.13. The number of hydrogen-bond acceptors (Lipinski definition) is 1. The summed E-state index contributed by atoms with van der Waals surface area (Å²) in [5.41, 5.74) is 5.41. The fourth-order valence-electron chi connectivity index (χ4n) is 3.87. The zero-order valence-corrected chi connectivity index (χ0v) is 15.3. The van der Waals surface area contributed by atoms with Gasteiger partial charge in [-0.1, -0.05) is 84.9 Å². The van der Waals surface area contributed by atoms with E-state index in [1.807, 2.05) is 24.3 Å². The second kappa shape index (κ2) is 6.68. The van der Waals surface area contributed by atoms with Gasteiger partial charge in [-0.25, -0.2) is 0 Å². The van der Waals surface area contributed by atoms with Gasteiger partial charge in [0.15, 0.2) is 0 Å². The van der Waals surface area contributed by atoms with E-state index >= 15 is 0 Å². The van der Waals surface area contributed by atoms with Crippen LogP contribution in [0.3, 0.4) is 0 Å². The summed E-state index contributed by atoms with van der Waals surface area (Å²) >= 11 is 0. The summed E-state index contributed by atoms with van der Waals surface area (Å²) in [6, 6.07) is 38.0. The van der Waals surface area contributed by atoms with E-state index in [9.17, 15) is 0 Å². The molecule has 0 heterocycles. The van der Waals surface area contributed by atoms with E-state index < -0.39 is 0 Å². The van der Waals surface area contributed by atoms with Gasteiger partial charge in [-0.05, 0) is 62.0 Å². The van der Waals surface area contributed by atoms with E-state index in [0.717, 1.165) is 11.1 Å². The first-order chi connectivity index (χ1) is 13.8. The van der Waals surface area contributed by atoms with E-state index in [0.29, 0.717) is 5.56 Å². The maximum Gasteiger partial charge on any atom is 0.0991 e.